The summed E-state index contributed by atoms with van der Waals surface area (Å²) in [6, 6.07) is 17.4. The first kappa shape index (κ1) is 25.5. The van der Waals surface area contributed by atoms with Crippen molar-refractivity contribution in [3.63, 3.8) is 0 Å². The van der Waals surface area contributed by atoms with Crippen LogP contribution in [0.5, 0.6) is 5.75 Å². The zero-order chi connectivity index (χ0) is 24.9. The van der Waals surface area contributed by atoms with E-state index in [-0.39, 0.29) is 17.4 Å². The average Bonchev–Trinajstić information content (AvgIpc) is 2.83. The van der Waals surface area contributed by atoms with Crippen molar-refractivity contribution in [3.8, 4) is 5.75 Å². The van der Waals surface area contributed by atoms with Gasteiger partial charge < -0.3 is 9.47 Å². The van der Waals surface area contributed by atoms with E-state index in [1.165, 1.54) is 30.9 Å². The Morgan fingerprint density at radius 1 is 1.06 bits per heavy atom. The molecule has 0 N–H and O–H groups in total. The summed E-state index contributed by atoms with van der Waals surface area (Å²) in [5.41, 5.74) is 3.49. The minimum atomic E-state index is -0.388. The monoisotopic (exact) mass is 460 g/mol. The van der Waals surface area contributed by atoms with E-state index in [0.717, 1.165) is 11.5 Å². The van der Waals surface area contributed by atoms with Gasteiger partial charge in [-0.15, -0.1) is 0 Å². The summed E-state index contributed by atoms with van der Waals surface area (Å²) >= 11 is 0. The van der Waals surface area contributed by atoms with Crippen molar-refractivity contribution in [2.24, 2.45) is 17.3 Å². The van der Waals surface area contributed by atoms with E-state index in [2.05, 4.69) is 52.1 Å². The molecule has 180 valence electrons. The highest BCUT2D eigenvalue weighted by molar-refractivity contribution is 5.88. The zero-order valence-electron chi connectivity index (χ0n) is 20.8. The molecule has 0 aliphatic heterocycles. The molecule has 0 saturated heterocycles. The predicted molar refractivity (Wildman–Crippen MR) is 135 cm³/mol. The summed E-state index contributed by atoms with van der Waals surface area (Å²) in [6.07, 6.45) is 5.15. The Bertz CT molecular complexity index is 1050. The van der Waals surface area contributed by atoms with Gasteiger partial charge in [0.15, 0.2) is 0 Å². The van der Waals surface area contributed by atoms with Crippen molar-refractivity contribution in [3.05, 3.63) is 90.5 Å². The van der Waals surface area contributed by atoms with Gasteiger partial charge >= 0.3 is 11.9 Å². The molecule has 0 radical (unpaired) electrons. The van der Waals surface area contributed by atoms with Crippen LogP contribution >= 0.6 is 0 Å². The van der Waals surface area contributed by atoms with Gasteiger partial charge in [-0.3, -0.25) is 0 Å². The van der Waals surface area contributed by atoms with Crippen LogP contribution in [0.15, 0.2) is 79.4 Å². The van der Waals surface area contributed by atoms with Crippen LogP contribution in [-0.4, -0.2) is 11.9 Å². The maximum absolute atomic E-state index is 11.4. The van der Waals surface area contributed by atoms with Crippen molar-refractivity contribution in [1.82, 2.24) is 0 Å². The van der Waals surface area contributed by atoms with Crippen LogP contribution in [0.1, 0.15) is 58.1 Å². The van der Waals surface area contributed by atoms with Gasteiger partial charge in [0.25, 0.3) is 0 Å². The van der Waals surface area contributed by atoms with E-state index < -0.39 is 0 Å². The van der Waals surface area contributed by atoms with Crippen LogP contribution in [0.3, 0.4) is 0 Å². The first-order chi connectivity index (χ1) is 16.1. The second-order valence-electron chi connectivity index (χ2n) is 10.0. The molecule has 0 amide bonds. The number of fused-ring (bicyclic) bond motifs is 2. The molecule has 3 unspecified atom stereocenters. The molecule has 3 saturated carbocycles. The molecular formula is C30H36O4. The van der Waals surface area contributed by atoms with Gasteiger partial charge in [0.2, 0.25) is 0 Å². The Morgan fingerprint density at radius 3 is 2.29 bits per heavy atom. The van der Waals surface area contributed by atoms with E-state index in [1.54, 1.807) is 31.2 Å². The quantitative estimate of drug-likeness (QED) is 0.270. The summed E-state index contributed by atoms with van der Waals surface area (Å²) in [7, 11) is 0. The molecule has 2 aromatic rings. The summed E-state index contributed by atoms with van der Waals surface area (Å²) in [6.45, 7) is 16.1. The van der Waals surface area contributed by atoms with Crippen LogP contribution in [0.4, 0.5) is 0 Å². The smallest absolute Gasteiger partial charge is 0.338 e. The number of para-hydroxylation sites is 1. The topological polar surface area (TPSA) is 52.6 Å². The Hall–Kier alpha value is -3.14. The van der Waals surface area contributed by atoms with Gasteiger partial charge in [-0.1, -0.05) is 76.4 Å². The highest BCUT2D eigenvalue weighted by atomic mass is 16.5. The second kappa shape index (κ2) is 10.4. The lowest BCUT2D eigenvalue weighted by Gasteiger charge is -2.69. The number of rotatable bonds is 6. The summed E-state index contributed by atoms with van der Waals surface area (Å²) in [4.78, 5) is 22.4. The van der Waals surface area contributed by atoms with Gasteiger partial charge in [0, 0.05) is 17.1 Å². The van der Waals surface area contributed by atoms with Crippen molar-refractivity contribution >= 4 is 11.9 Å². The molecule has 5 rings (SSSR count). The standard InChI is InChI=1S/C20H26O2.C10H10O2/c1-5-18(21)22-13-15-8-6-7-9-17(15)20-12-16(19(20,3)4)11-10-14(20)2;1-8(2)10(11)12-9-6-4-3-5-7-9/h5-9,14,16H,1,10-13H2,2-4H3;3-7H,1H2,2H3. The number of carbonyl (C=O) groups excluding carboxylic acids is 2. The van der Waals surface area contributed by atoms with Crippen LogP contribution in [-0.2, 0) is 26.3 Å². The largest absolute Gasteiger partial charge is 0.458 e. The fraction of sp³-hybridized carbons (Fsp3) is 0.400. The van der Waals surface area contributed by atoms with E-state index in [1.807, 2.05) is 12.1 Å². The number of esters is 2. The maximum Gasteiger partial charge on any atom is 0.338 e. The van der Waals surface area contributed by atoms with Crippen molar-refractivity contribution in [1.29, 1.82) is 0 Å². The molecule has 34 heavy (non-hydrogen) atoms. The zero-order valence-corrected chi connectivity index (χ0v) is 20.8. The minimum absolute atomic E-state index is 0.229. The number of carbonyl (C=O) groups is 2. The maximum atomic E-state index is 11.4. The minimum Gasteiger partial charge on any atom is -0.458 e. The Balaban J connectivity index is 0.000000229. The molecular weight excluding hydrogens is 424 g/mol. The Labute approximate surface area is 203 Å². The first-order valence-electron chi connectivity index (χ1n) is 11.9. The summed E-state index contributed by atoms with van der Waals surface area (Å²) < 4.78 is 10.3. The molecule has 3 atom stereocenters. The van der Waals surface area contributed by atoms with E-state index in [9.17, 15) is 9.59 Å². The van der Waals surface area contributed by atoms with Gasteiger partial charge in [-0.05, 0) is 66.7 Å². The molecule has 2 bridgehead atoms. The molecule has 4 nitrogen and oxygen atoms in total. The highest BCUT2D eigenvalue weighted by Gasteiger charge is 2.65. The molecule has 0 heterocycles. The van der Waals surface area contributed by atoms with Crippen LogP contribution in [0, 0.1) is 17.3 Å². The molecule has 2 aromatic carbocycles. The van der Waals surface area contributed by atoms with Gasteiger partial charge in [0.05, 0.1) is 0 Å². The predicted octanol–water partition coefficient (Wildman–Crippen LogP) is 6.80. The Kier molecular flexibility index (Phi) is 7.81. The fourth-order valence-corrected chi connectivity index (χ4v) is 5.83. The van der Waals surface area contributed by atoms with E-state index in [4.69, 9.17) is 9.47 Å². The summed E-state index contributed by atoms with van der Waals surface area (Å²) in [5.74, 6) is 1.30. The normalized spacial score (nSPS) is 23.9. The van der Waals surface area contributed by atoms with Crippen molar-refractivity contribution < 1.29 is 19.1 Å². The molecule has 0 spiro atoms. The van der Waals surface area contributed by atoms with Crippen molar-refractivity contribution in [2.45, 2.75) is 59.0 Å². The fourth-order valence-electron chi connectivity index (χ4n) is 5.83. The molecule has 3 fully saturated rings. The second-order valence-corrected chi connectivity index (χ2v) is 10.0. The average molecular weight is 461 g/mol. The highest BCUT2D eigenvalue weighted by Crippen LogP contribution is 2.70. The van der Waals surface area contributed by atoms with Gasteiger partial charge in [-0.25, -0.2) is 9.59 Å². The van der Waals surface area contributed by atoms with Crippen LogP contribution in [0.2, 0.25) is 0 Å². The lowest BCUT2D eigenvalue weighted by atomic mass is 9.35. The first-order valence-corrected chi connectivity index (χ1v) is 11.9. The van der Waals surface area contributed by atoms with Gasteiger partial charge in [0.1, 0.15) is 12.4 Å². The summed E-state index contributed by atoms with van der Waals surface area (Å²) in [5, 5.41) is 0. The lowest BCUT2D eigenvalue weighted by molar-refractivity contribution is -0.140. The molecule has 3 aliphatic carbocycles. The molecule has 3 aliphatic rings. The number of benzene rings is 2. The van der Waals surface area contributed by atoms with Crippen molar-refractivity contribution in [2.75, 3.05) is 0 Å². The van der Waals surface area contributed by atoms with E-state index >= 15 is 0 Å². The number of ether oxygens (including phenoxy) is 2. The Morgan fingerprint density at radius 2 is 1.71 bits per heavy atom. The van der Waals surface area contributed by atoms with Gasteiger partial charge in [-0.2, -0.15) is 0 Å². The number of hydrogen-bond acceptors (Lipinski definition) is 4. The third-order valence-corrected chi connectivity index (χ3v) is 7.86. The third-order valence-electron chi connectivity index (χ3n) is 7.86. The number of hydrogen-bond donors (Lipinski definition) is 0. The third kappa shape index (κ3) is 4.86. The SMILES string of the molecule is C=C(C)C(=O)Oc1ccccc1.C=CC(=O)OCc1ccccc1C12CC(CCC1C)C2(C)C. The molecule has 4 heteroatoms. The molecule has 0 aromatic heterocycles. The van der Waals surface area contributed by atoms with E-state index in [0.29, 0.717) is 29.3 Å². The van der Waals surface area contributed by atoms with Crippen LogP contribution < -0.4 is 4.74 Å². The lowest BCUT2D eigenvalue weighted by Crippen LogP contribution is -2.64. The van der Waals surface area contributed by atoms with Crippen LogP contribution in [0.25, 0.3) is 0 Å².